The number of carbonyl (C=O) groups is 1. The maximum atomic E-state index is 13.1. The molecule has 1 aromatic rings. The van der Waals surface area contributed by atoms with Crippen molar-refractivity contribution >= 4 is 22.0 Å². The molecule has 1 aromatic carbocycles. The van der Waals surface area contributed by atoms with E-state index in [1.165, 1.54) is 0 Å². The van der Waals surface area contributed by atoms with Gasteiger partial charge in [-0.3, -0.25) is 18.9 Å². The van der Waals surface area contributed by atoms with Crippen molar-refractivity contribution in [3.05, 3.63) is 35.4 Å². The van der Waals surface area contributed by atoms with E-state index in [1.54, 1.807) is 26.0 Å². The highest BCUT2D eigenvalue weighted by Crippen LogP contribution is 2.54. The average molecular weight is 474 g/mol. The van der Waals surface area contributed by atoms with Gasteiger partial charge in [0.2, 0.25) is 13.9 Å². The van der Waals surface area contributed by atoms with E-state index in [9.17, 15) is 13.9 Å². The van der Waals surface area contributed by atoms with Crippen LogP contribution in [0.4, 0.5) is 0 Å². The van der Waals surface area contributed by atoms with Gasteiger partial charge in [-0.25, -0.2) is 4.79 Å². The van der Waals surface area contributed by atoms with Crippen LogP contribution in [0.2, 0.25) is 0 Å². The number of rotatable bonds is 13. The predicted octanol–water partition coefficient (Wildman–Crippen LogP) is 3.75. The van der Waals surface area contributed by atoms with Crippen molar-refractivity contribution in [2.45, 2.75) is 32.8 Å². The number of piperazine rings is 1. The maximum absolute atomic E-state index is 13.1. The Morgan fingerprint density at radius 2 is 1.65 bits per heavy atom. The van der Waals surface area contributed by atoms with Crippen LogP contribution in [0.25, 0.3) is 0 Å². The van der Waals surface area contributed by atoms with Crippen molar-refractivity contribution in [2.75, 3.05) is 52.2 Å². The molecule has 9 nitrogen and oxygen atoms in total. The molecule has 174 valence electrons. The molecule has 31 heavy (non-hydrogen) atoms. The number of benzene rings is 1. The fraction of sp³-hybridized carbons (Fsp3) is 0.650. The van der Waals surface area contributed by atoms with Crippen LogP contribution >= 0.6 is 16.1 Å². The number of ether oxygens (including phenoxy) is 1. The van der Waals surface area contributed by atoms with Gasteiger partial charge in [0.25, 0.3) is 0 Å². The highest BCUT2D eigenvalue weighted by Gasteiger charge is 2.47. The number of nitrogens with zero attached hydrogens (tertiary/aromatic N) is 2. The minimum Gasteiger partial charge on any atom is -0.478 e. The third-order valence-electron chi connectivity index (χ3n) is 5.04. The van der Waals surface area contributed by atoms with Crippen molar-refractivity contribution in [1.29, 1.82) is 0 Å². The Bertz CT molecular complexity index is 759. The Morgan fingerprint density at radius 1 is 1.06 bits per heavy atom. The maximum Gasteiger partial charge on any atom is 0.335 e. The van der Waals surface area contributed by atoms with Crippen LogP contribution in [0.15, 0.2) is 24.3 Å². The minimum absolute atomic E-state index is 0.114. The fourth-order valence-electron chi connectivity index (χ4n) is 3.62. The first-order valence-electron chi connectivity index (χ1n) is 10.5. The average Bonchev–Trinajstić information content (AvgIpc) is 2.74. The van der Waals surface area contributed by atoms with Crippen molar-refractivity contribution in [3.63, 3.8) is 0 Å². The summed E-state index contributed by atoms with van der Waals surface area (Å²) in [5.41, 5.74) is 0.00956. The van der Waals surface area contributed by atoms with E-state index in [0.717, 1.165) is 5.56 Å². The molecule has 11 heteroatoms. The molecule has 0 saturated carbocycles. The molecule has 0 radical (unpaired) electrons. The summed E-state index contributed by atoms with van der Waals surface area (Å²) in [7, 11) is -3.76. The summed E-state index contributed by atoms with van der Waals surface area (Å²) in [6.45, 7) is 9.26. The summed E-state index contributed by atoms with van der Waals surface area (Å²) in [6, 6.07) is 6.83. The molecule has 1 fully saturated rings. The number of hydrogen-bond acceptors (Lipinski definition) is 8. The van der Waals surface area contributed by atoms with Gasteiger partial charge in [0, 0.05) is 39.3 Å². The van der Waals surface area contributed by atoms with Crippen LogP contribution in [0, 0.1) is 0 Å². The monoisotopic (exact) mass is 474 g/mol. The summed E-state index contributed by atoms with van der Waals surface area (Å²) in [5, 5.41) is 9.03. The Kier molecular flexibility index (Phi) is 10.2. The first kappa shape index (κ1) is 26.1. The molecule has 1 atom stereocenters. The summed E-state index contributed by atoms with van der Waals surface area (Å²) >= 11 is 0. The van der Waals surface area contributed by atoms with Gasteiger partial charge in [-0.15, -0.1) is 0 Å². The molecule has 0 aliphatic carbocycles. The Hall–Kier alpha value is -1.18. The topological polar surface area (TPSA) is 106 Å². The van der Waals surface area contributed by atoms with Crippen molar-refractivity contribution in [1.82, 2.24) is 9.80 Å². The van der Waals surface area contributed by atoms with Crippen LogP contribution in [-0.2, 0) is 29.5 Å². The van der Waals surface area contributed by atoms with E-state index in [0.29, 0.717) is 39.3 Å². The molecule has 2 rings (SSSR count). The molecule has 0 bridgehead atoms. The normalized spacial score (nSPS) is 18.2. The summed E-state index contributed by atoms with van der Waals surface area (Å²) in [6.07, 6.45) is -0.114. The van der Waals surface area contributed by atoms with Gasteiger partial charge in [-0.2, -0.15) is 0 Å². The fourth-order valence-corrected chi connectivity index (χ4v) is 6.71. The summed E-state index contributed by atoms with van der Waals surface area (Å²) in [5.74, 6) is -0.944. The Labute approximate surface area is 185 Å². The molecule has 1 saturated heterocycles. The van der Waals surface area contributed by atoms with E-state index < -0.39 is 19.0 Å². The van der Waals surface area contributed by atoms with Crippen molar-refractivity contribution < 1.29 is 32.8 Å². The molecular formula is C20H32N2O7P2. The zero-order valence-electron chi connectivity index (χ0n) is 18.4. The number of hydrogen-bond donors (Lipinski definition) is 1. The third kappa shape index (κ3) is 7.16. The van der Waals surface area contributed by atoms with Gasteiger partial charge >= 0.3 is 13.6 Å². The lowest BCUT2D eigenvalue weighted by Crippen LogP contribution is -2.57. The molecule has 1 unspecified atom stereocenters. The van der Waals surface area contributed by atoms with Crippen molar-refractivity contribution in [2.24, 2.45) is 0 Å². The van der Waals surface area contributed by atoms with Gasteiger partial charge in [0.05, 0.1) is 18.8 Å². The van der Waals surface area contributed by atoms with E-state index in [2.05, 4.69) is 4.90 Å². The first-order chi connectivity index (χ1) is 14.8. The molecule has 0 spiro atoms. The highest BCUT2D eigenvalue weighted by molar-refractivity contribution is 7.54. The molecule has 1 aliphatic rings. The second kappa shape index (κ2) is 12.2. The van der Waals surface area contributed by atoms with Gasteiger partial charge in [-0.1, -0.05) is 12.1 Å². The lowest BCUT2D eigenvalue weighted by molar-refractivity contribution is -0.0920. The SMILES string of the molecule is CCOC(CP(=O)(OCC)OCC)(P=O)N1CCN(Cc2ccc(C(=O)O)cc2)CC1. The largest absolute Gasteiger partial charge is 0.478 e. The summed E-state index contributed by atoms with van der Waals surface area (Å²) < 4.78 is 42.2. The Morgan fingerprint density at radius 3 is 2.10 bits per heavy atom. The number of carboxylic acids is 1. The second-order valence-corrected chi connectivity index (χ2v) is 10.1. The first-order valence-corrected chi connectivity index (χ1v) is 13.0. The van der Waals surface area contributed by atoms with Gasteiger partial charge in [0.15, 0.2) is 0 Å². The standard InChI is InChI=1S/C20H32N2O7P2/c1-4-27-20(30-25,16-31(26,28-5-2)29-6-3)22-13-11-21(12-14-22)15-17-7-9-18(10-8-17)19(23)24/h7-10H,4-6,11-16H2,1-3H3,(H,23,24). The predicted molar refractivity (Wildman–Crippen MR) is 118 cm³/mol. The minimum atomic E-state index is -3.47. The molecule has 1 heterocycles. The number of aromatic carboxylic acids is 1. The van der Waals surface area contributed by atoms with E-state index in [1.807, 2.05) is 24.0 Å². The quantitative estimate of drug-likeness (QED) is 0.428. The lowest BCUT2D eigenvalue weighted by atomic mass is 10.1. The number of carboxylic acid groups (broad SMARTS) is 1. The Balaban J connectivity index is 2.07. The van der Waals surface area contributed by atoms with Gasteiger partial charge in [-0.05, 0) is 38.5 Å². The van der Waals surface area contributed by atoms with Gasteiger partial charge in [0.1, 0.15) is 6.16 Å². The summed E-state index contributed by atoms with van der Waals surface area (Å²) in [4.78, 5) is 15.2. The molecule has 1 aliphatic heterocycles. The van der Waals surface area contributed by atoms with Crippen LogP contribution in [0.5, 0.6) is 0 Å². The lowest BCUT2D eigenvalue weighted by Gasteiger charge is -2.44. The van der Waals surface area contributed by atoms with Crippen LogP contribution in [0.1, 0.15) is 36.7 Å². The van der Waals surface area contributed by atoms with E-state index in [4.69, 9.17) is 18.9 Å². The zero-order chi connectivity index (χ0) is 22.9. The molecule has 1 N–H and O–H groups in total. The molecule has 0 amide bonds. The highest BCUT2D eigenvalue weighted by atomic mass is 31.2. The molecular weight excluding hydrogens is 442 g/mol. The molecule has 0 aromatic heterocycles. The van der Waals surface area contributed by atoms with Crippen LogP contribution in [0.3, 0.4) is 0 Å². The third-order valence-corrected chi connectivity index (χ3v) is 8.27. The van der Waals surface area contributed by atoms with E-state index >= 15 is 0 Å². The van der Waals surface area contributed by atoms with Gasteiger partial charge < -0.3 is 18.9 Å². The smallest absolute Gasteiger partial charge is 0.335 e. The van der Waals surface area contributed by atoms with Crippen molar-refractivity contribution in [3.8, 4) is 0 Å². The zero-order valence-corrected chi connectivity index (χ0v) is 20.1. The van der Waals surface area contributed by atoms with Crippen LogP contribution in [-0.4, -0.2) is 78.5 Å². The second-order valence-electron chi connectivity index (χ2n) is 7.14. The van der Waals surface area contributed by atoms with Crippen LogP contribution < -0.4 is 0 Å². The van der Waals surface area contributed by atoms with E-state index in [-0.39, 0.29) is 33.4 Å².